The summed E-state index contributed by atoms with van der Waals surface area (Å²) in [6.45, 7) is 1.26. The van der Waals surface area contributed by atoms with E-state index in [1.54, 1.807) is 42.6 Å². The number of aliphatic hydroxyl groups excluding tert-OH is 1. The summed E-state index contributed by atoms with van der Waals surface area (Å²) in [7, 11) is 1.93. The number of aromatic amines is 1. The number of amides is 1. The molecular weight excluding hydrogens is 446 g/mol. The van der Waals surface area contributed by atoms with Gasteiger partial charge in [-0.3, -0.25) is 19.5 Å². The molecule has 0 spiro atoms. The lowest BCUT2D eigenvalue weighted by Crippen LogP contribution is -2.30. The van der Waals surface area contributed by atoms with Crippen LogP contribution >= 0.6 is 0 Å². The van der Waals surface area contributed by atoms with Crippen LogP contribution in [0.3, 0.4) is 0 Å². The average molecular weight is 467 g/mol. The van der Waals surface area contributed by atoms with E-state index in [0.717, 1.165) is 11.2 Å². The molecule has 1 unspecified atom stereocenters. The van der Waals surface area contributed by atoms with Crippen LogP contribution in [0.15, 0.2) is 72.4 Å². The van der Waals surface area contributed by atoms with Gasteiger partial charge in [0.1, 0.15) is 24.2 Å². The molecule has 1 atom stereocenters. The summed E-state index contributed by atoms with van der Waals surface area (Å²) >= 11 is 0. The van der Waals surface area contributed by atoms with Gasteiger partial charge in [-0.05, 0) is 42.5 Å². The number of imidazole rings is 1. The molecule has 9 nitrogen and oxygen atoms in total. The van der Waals surface area contributed by atoms with E-state index in [2.05, 4.69) is 15.0 Å². The second-order valence-electron chi connectivity index (χ2n) is 8.45. The van der Waals surface area contributed by atoms with Gasteiger partial charge in [-0.15, -0.1) is 0 Å². The molecule has 2 aromatic carbocycles. The number of likely N-dealkylation sites (N-methyl/N-ethyl adjacent to an activating group) is 1. The van der Waals surface area contributed by atoms with E-state index in [0.29, 0.717) is 35.7 Å². The number of rotatable bonds is 3. The van der Waals surface area contributed by atoms with E-state index < -0.39 is 17.7 Å². The van der Waals surface area contributed by atoms with E-state index >= 15 is 0 Å². The molecule has 2 aliphatic heterocycles. The second kappa shape index (κ2) is 7.98. The Morgan fingerprint density at radius 2 is 1.94 bits per heavy atom. The number of fused-ring (bicyclic) bond motifs is 2. The highest BCUT2D eigenvalue weighted by molar-refractivity contribution is 6.51. The van der Waals surface area contributed by atoms with Crippen LogP contribution in [-0.4, -0.2) is 51.9 Å². The number of nitrogens with one attached hydrogen (secondary N) is 1. The molecule has 4 heterocycles. The predicted octanol–water partition coefficient (Wildman–Crippen LogP) is 3.41. The summed E-state index contributed by atoms with van der Waals surface area (Å²) in [5.74, 6) is -0.971. The summed E-state index contributed by atoms with van der Waals surface area (Å²) in [6, 6.07) is 16.8. The van der Waals surface area contributed by atoms with E-state index in [9.17, 15) is 14.7 Å². The highest BCUT2D eigenvalue weighted by Gasteiger charge is 2.49. The molecule has 2 aliphatic rings. The van der Waals surface area contributed by atoms with Crippen molar-refractivity contribution in [3.63, 3.8) is 0 Å². The van der Waals surface area contributed by atoms with Crippen LogP contribution in [0.4, 0.5) is 11.6 Å². The van der Waals surface area contributed by atoms with Crippen molar-refractivity contribution in [1.82, 2.24) is 15.0 Å². The number of aliphatic hydroxyl groups is 1. The zero-order valence-electron chi connectivity index (χ0n) is 18.8. The van der Waals surface area contributed by atoms with E-state index in [1.165, 1.54) is 4.90 Å². The highest BCUT2D eigenvalue weighted by atomic mass is 16.5. The number of Topliss-reactive ketones (excluding diaryl/α,β-unsaturated/α-hetero) is 1. The van der Waals surface area contributed by atoms with Crippen molar-refractivity contribution in [1.29, 1.82) is 0 Å². The fourth-order valence-corrected chi connectivity index (χ4v) is 4.58. The maximum atomic E-state index is 13.3. The van der Waals surface area contributed by atoms with Crippen molar-refractivity contribution in [3.8, 4) is 5.75 Å². The van der Waals surface area contributed by atoms with Crippen LogP contribution in [0.1, 0.15) is 17.3 Å². The monoisotopic (exact) mass is 467 g/mol. The van der Waals surface area contributed by atoms with Gasteiger partial charge in [0.05, 0.1) is 34.5 Å². The second-order valence-corrected chi connectivity index (χ2v) is 8.45. The van der Waals surface area contributed by atoms with Crippen molar-refractivity contribution in [2.45, 2.75) is 6.04 Å². The van der Waals surface area contributed by atoms with Crippen LogP contribution in [0.5, 0.6) is 5.75 Å². The Kier molecular flexibility index (Phi) is 4.77. The fraction of sp³-hybridized carbons (Fsp3) is 0.154. The van der Waals surface area contributed by atoms with E-state index in [1.807, 2.05) is 36.2 Å². The number of H-pyrrole nitrogens is 1. The summed E-state index contributed by atoms with van der Waals surface area (Å²) in [6.07, 6.45) is 1.58. The Morgan fingerprint density at radius 1 is 1.11 bits per heavy atom. The largest absolute Gasteiger partial charge is 0.507 e. The minimum atomic E-state index is -0.957. The van der Waals surface area contributed by atoms with E-state index in [4.69, 9.17) is 4.74 Å². The molecule has 4 aromatic rings. The van der Waals surface area contributed by atoms with Crippen LogP contribution in [-0.2, 0) is 9.59 Å². The van der Waals surface area contributed by atoms with Crippen molar-refractivity contribution in [2.24, 2.45) is 0 Å². The molecule has 0 aliphatic carbocycles. The van der Waals surface area contributed by atoms with E-state index in [-0.39, 0.29) is 17.3 Å². The molecule has 0 saturated carbocycles. The number of anilines is 2. The minimum absolute atomic E-state index is 0.0477. The lowest BCUT2D eigenvalue weighted by atomic mass is 9.98. The first-order chi connectivity index (χ1) is 17.0. The summed E-state index contributed by atoms with van der Waals surface area (Å²) in [5, 5.41) is 11.4. The number of carbonyl (C=O) groups is 2. The van der Waals surface area contributed by atoms with Gasteiger partial charge in [-0.2, -0.15) is 0 Å². The third kappa shape index (κ3) is 3.31. The SMILES string of the molecule is CN1CCOc2ccc(/C(O)=C3\C(=O)C(=O)N(c4nc5ccccc5[nH]4)C3c3ccccn3)cc21. The van der Waals surface area contributed by atoms with Gasteiger partial charge in [0.15, 0.2) is 0 Å². The lowest BCUT2D eigenvalue weighted by Gasteiger charge is -2.28. The van der Waals surface area contributed by atoms with Crippen molar-refractivity contribution in [3.05, 3.63) is 83.7 Å². The zero-order valence-corrected chi connectivity index (χ0v) is 18.8. The Morgan fingerprint density at radius 3 is 2.74 bits per heavy atom. The van der Waals surface area contributed by atoms with Gasteiger partial charge < -0.3 is 19.7 Å². The first-order valence-electron chi connectivity index (χ1n) is 11.2. The van der Waals surface area contributed by atoms with Gasteiger partial charge in [0, 0.05) is 18.8 Å². The molecule has 9 heteroatoms. The molecule has 0 radical (unpaired) electrons. The van der Waals surface area contributed by atoms with Crippen LogP contribution in [0.2, 0.25) is 0 Å². The Balaban J connectivity index is 1.54. The number of carbonyl (C=O) groups excluding carboxylic acids is 2. The molecule has 1 amide bonds. The van der Waals surface area contributed by atoms with Crippen molar-refractivity contribution >= 4 is 40.1 Å². The molecule has 2 aromatic heterocycles. The molecule has 0 bridgehead atoms. The standard InChI is InChI=1S/C26H21N5O4/c1-30-12-13-35-20-10-9-15(14-19(20)30)23(32)21-22(18-8-4-5-11-27-18)31(25(34)24(21)33)26-28-16-6-2-3-7-17(16)29-26/h2-11,14,22,32H,12-13H2,1H3,(H,28,29)/b23-21+. The maximum Gasteiger partial charge on any atom is 0.302 e. The molecule has 174 valence electrons. The van der Waals surface area contributed by atoms with Crippen molar-refractivity contribution in [2.75, 3.05) is 30.0 Å². The number of hydrogen-bond acceptors (Lipinski definition) is 7. The highest BCUT2D eigenvalue weighted by Crippen LogP contribution is 2.42. The topological polar surface area (TPSA) is 112 Å². The number of aromatic nitrogens is 3. The number of nitrogens with zero attached hydrogens (tertiary/aromatic N) is 4. The zero-order chi connectivity index (χ0) is 24.1. The number of pyridine rings is 1. The first kappa shape index (κ1) is 20.9. The smallest absolute Gasteiger partial charge is 0.302 e. The normalized spacial score (nSPS) is 19.2. The molecule has 35 heavy (non-hydrogen) atoms. The number of ether oxygens (including phenoxy) is 1. The quantitative estimate of drug-likeness (QED) is 0.270. The summed E-state index contributed by atoms with van der Waals surface area (Å²) in [5.41, 5.74) is 2.97. The van der Waals surface area contributed by atoms with Crippen LogP contribution in [0.25, 0.3) is 16.8 Å². The fourth-order valence-electron chi connectivity index (χ4n) is 4.58. The molecule has 2 N–H and O–H groups in total. The number of para-hydroxylation sites is 2. The van der Waals surface area contributed by atoms with Crippen molar-refractivity contribution < 1.29 is 19.4 Å². The van der Waals surface area contributed by atoms with Gasteiger partial charge in [0.2, 0.25) is 5.95 Å². The predicted molar refractivity (Wildman–Crippen MR) is 130 cm³/mol. The van der Waals surface area contributed by atoms with Gasteiger partial charge in [-0.25, -0.2) is 4.98 Å². The Bertz CT molecular complexity index is 1480. The van der Waals surface area contributed by atoms with Crippen LogP contribution in [0, 0.1) is 0 Å². The van der Waals surface area contributed by atoms with Gasteiger partial charge >= 0.3 is 5.91 Å². The molecule has 6 rings (SSSR count). The Hall–Kier alpha value is -4.66. The minimum Gasteiger partial charge on any atom is -0.507 e. The summed E-state index contributed by atoms with van der Waals surface area (Å²) < 4.78 is 5.70. The lowest BCUT2D eigenvalue weighted by molar-refractivity contribution is -0.132. The average Bonchev–Trinajstić information content (AvgIpc) is 3.42. The Labute approximate surface area is 200 Å². The number of hydrogen-bond donors (Lipinski definition) is 2. The number of ketones is 1. The first-order valence-corrected chi connectivity index (χ1v) is 11.2. The number of benzene rings is 2. The molecule has 1 fully saturated rings. The molecule has 1 saturated heterocycles. The van der Waals surface area contributed by atoms with Gasteiger partial charge in [0.25, 0.3) is 5.78 Å². The maximum absolute atomic E-state index is 13.3. The third-order valence-electron chi connectivity index (χ3n) is 6.35. The summed E-state index contributed by atoms with van der Waals surface area (Å²) in [4.78, 5) is 42.0. The third-order valence-corrected chi connectivity index (χ3v) is 6.35. The van der Waals surface area contributed by atoms with Gasteiger partial charge in [-0.1, -0.05) is 18.2 Å². The van der Waals surface area contributed by atoms with Crippen LogP contribution < -0.4 is 14.5 Å². The molecular formula is C26H21N5O4.